The summed E-state index contributed by atoms with van der Waals surface area (Å²) in [6.07, 6.45) is 0.903. The van der Waals surface area contributed by atoms with Crippen molar-refractivity contribution in [1.82, 2.24) is 4.90 Å². The van der Waals surface area contributed by atoms with E-state index < -0.39 is 0 Å². The van der Waals surface area contributed by atoms with Crippen molar-refractivity contribution >= 4 is 20.7 Å². The molecule has 2 nitrogen and oxygen atoms in total. The first-order chi connectivity index (χ1) is 7.91. The topological polar surface area (TPSA) is 20.3 Å². The van der Waals surface area contributed by atoms with Crippen LogP contribution in [0.25, 0.3) is 0 Å². The normalized spacial score (nSPS) is 10.7. The van der Waals surface area contributed by atoms with E-state index in [1.54, 1.807) is 11.9 Å². The van der Waals surface area contributed by atoms with Crippen molar-refractivity contribution in [3.05, 3.63) is 34.9 Å². The van der Waals surface area contributed by atoms with E-state index in [4.69, 9.17) is 0 Å². The van der Waals surface area contributed by atoms with Gasteiger partial charge in [-0.1, -0.05) is 32.0 Å². The van der Waals surface area contributed by atoms with E-state index in [1.165, 1.54) is 16.7 Å². The average Bonchev–Trinajstić information content (AvgIpc) is 2.26. The minimum absolute atomic E-state index is 0.0600. The molecule has 0 saturated carbocycles. The monoisotopic (exact) mass is 297 g/mol. The molecule has 0 aromatic heterocycles. The van der Waals surface area contributed by atoms with Gasteiger partial charge in [0.15, 0.2) is 0 Å². The van der Waals surface area contributed by atoms with E-state index in [0.29, 0.717) is 5.92 Å². The van der Waals surface area contributed by atoms with Gasteiger partial charge in [0.1, 0.15) is 0 Å². The fraction of sp³-hybridized carbons (Fsp3) is 0.500. The number of aryl methyl sites for hydroxylation is 1. The van der Waals surface area contributed by atoms with Crippen LogP contribution in [0.5, 0.6) is 0 Å². The predicted molar refractivity (Wildman–Crippen MR) is 75.9 cm³/mol. The highest BCUT2D eigenvalue weighted by molar-refractivity contribution is 9.18. The van der Waals surface area contributed by atoms with Crippen molar-refractivity contribution in [2.45, 2.75) is 33.1 Å². The first-order valence-corrected chi connectivity index (χ1v) is 6.71. The number of nitrogens with zero attached hydrogens (tertiary/aromatic N) is 1. The fourth-order valence-electron chi connectivity index (χ4n) is 1.70. The van der Waals surface area contributed by atoms with Crippen molar-refractivity contribution < 1.29 is 4.79 Å². The number of hydrogen-bond acceptors (Lipinski definition) is 1. The Balaban J connectivity index is 2.76. The van der Waals surface area contributed by atoms with Crippen LogP contribution >= 0.6 is 15.9 Å². The van der Waals surface area contributed by atoms with Gasteiger partial charge in [-0.3, -0.25) is 4.79 Å². The fourth-order valence-corrected chi connectivity index (χ4v) is 1.87. The van der Waals surface area contributed by atoms with Crippen LogP contribution < -0.4 is 0 Å². The van der Waals surface area contributed by atoms with Crippen LogP contribution in [-0.2, 0) is 6.42 Å². The lowest BCUT2D eigenvalue weighted by Crippen LogP contribution is -2.23. The Hall–Kier alpha value is -0.830. The first-order valence-electron chi connectivity index (χ1n) is 5.92. The second kappa shape index (κ2) is 6.20. The summed E-state index contributed by atoms with van der Waals surface area (Å²) in [6, 6.07) is 6.61. The Morgan fingerprint density at radius 3 is 2.59 bits per heavy atom. The number of carbonyl (C=O) groups excluding carboxylic acids is 1. The van der Waals surface area contributed by atoms with E-state index in [0.717, 1.165) is 13.0 Å². The Labute approximate surface area is 112 Å². The largest absolute Gasteiger partial charge is 0.336 e. The average molecular weight is 298 g/mol. The Kier molecular flexibility index (Phi) is 5.19. The lowest BCUT2D eigenvalue weighted by Gasteiger charge is -2.16. The van der Waals surface area contributed by atoms with E-state index in [2.05, 4.69) is 54.9 Å². The number of rotatable bonds is 4. The highest BCUT2D eigenvalue weighted by atomic mass is 79.9. The minimum atomic E-state index is -0.0600. The first kappa shape index (κ1) is 14.2. The number of benzene rings is 1. The smallest absolute Gasteiger partial charge is 0.289 e. The number of likely N-dealkylation sites (N-methyl/N-ethyl adjacent to an activating group) is 1. The van der Waals surface area contributed by atoms with Gasteiger partial charge in [-0.25, -0.2) is 0 Å². The maximum absolute atomic E-state index is 11.1. The third-order valence-corrected chi connectivity index (χ3v) is 3.66. The van der Waals surface area contributed by atoms with Crippen molar-refractivity contribution in [1.29, 1.82) is 0 Å². The zero-order valence-electron chi connectivity index (χ0n) is 11.0. The van der Waals surface area contributed by atoms with Crippen LogP contribution in [0.3, 0.4) is 0 Å². The van der Waals surface area contributed by atoms with Gasteiger partial charge >= 0.3 is 0 Å². The third kappa shape index (κ3) is 4.15. The van der Waals surface area contributed by atoms with Gasteiger partial charge in [0.25, 0.3) is 4.82 Å². The number of carbonyl (C=O) groups is 1. The number of hydrogen-bond donors (Lipinski definition) is 0. The molecule has 94 valence electrons. The lowest BCUT2D eigenvalue weighted by atomic mass is 9.96. The molecule has 0 radical (unpaired) electrons. The number of amides is 1. The Bertz CT molecular complexity index is 401. The van der Waals surface area contributed by atoms with Crippen LogP contribution in [-0.4, -0.2) is 23.3 Å². The standard InChI is InChI=1S/C14H20BrNO/c1-10(2)12-6-5-11(3)13(9-12)7-8-16(4)14(15)17/h5-6,9-10H,7-8H2,1-4H3. The molecule has 1 amide bonds. The summed E-state index contributed by atoms with van der Waals surface area (Å²) in [5, 5.41) is 0. The Morgan fingerprint density at radius 1 is 1.41 bits per heavy atom. The second-order valence-electron chi connectivity index (χ2n) is 4.77. The second-order valence-corrected chi connectivity index (χ2v) is 5.44. The minimum Gasteiger partial charge on any atom is -0.336 e. The molecule has 1 rings (SSSR count). The molecule has 0 spiro atoms. The van der Waals surface area contributed by atoms with E-state index in [9.17, 15) is 4.79 Å². The van der Waals surface area contributed by atoms with Gasteiger partial charge in [-0.05, 0) is 36.0 Å². The summed E-state index contributed by atoms with van der Waals surface area (Å²) in [7, 11) is 1.80. The van der Waals surface area contributed by atoms with Crippen molar-refractivity contribution in [2.75, 3.05) is 13.6 Å². The van der Waals surface area contributed by atoms with Gasteiger partial charge in [0.05, 0.1) is 0 Å². The predicted octanol–water partition coefficient (Wildman–Crippen LogP) is 4.11. The molecule has 17 heavy (non-hydrogen) atoms. The van der Waals surface area contributed by atoms with Crippen molar-refractivity contribution in [3.8, 4) is 0 Å². The summed E-state index contributed by atoms with van der Waals surface area (Å²) >= 11 is 2.96. The van der Waals surface area contributed by atoms with Crippen LogP contribution in [0, 0.1) is 6.92 Å². The molecule has 0 aliphatic carbocycles. The van der Waals surface area contributed by atoms with Gasteiger partial charge in [-0.2, -0.15) is 0 Å². The highest BCUT2D eigenvalue weighted by Gasteiger charge is 2.07. The molecule has 0 atom stereocenters. The molecular weight excluding hydrogens is 278 g/mol. The highest BCUT2D eigenvalue weighted by Crippen LogP contribution is 2.19. The maximum Gasteiger partial charge on any atom is 0.289 e. The van der Waals surface area contributed by atoms with Crippen LogP contribution in [0.4, 0.5) is 4.79 Å². The molecule has 0 saturated heterocycles. The molecular formula is C14H20BrNO. The molecule has 0 heterocycles. The molecule has 0 aliphatic rings. The molecule has 3 heteroatoms. The molecule has 0 unspecified atom stereocenters. The van der Waals surface area contributed by atoms with Gasteiger partial charge in [0, 0.05) is 29.5 Å². The maximum atomic E-state index is 11.1. The van der Waals surface area contributed by atoms with Gasteiger partial charge in [-0.15, -0.1) is 0 Å². The molecule has 1 aromatic carbocycles. The summed E-state index contributed by atoms with van der Waals surface area (Å²) in [6.45, 7) is 7.26. The van der Waals surface area contributed by atoms with E-state index >= 15 is 0 Å². The van der Waals surface area contributed by atoms with Crippen LogP contribution in [0.15, 0.2) is 18.2 Å². The summed E-state index contributed by atoms with van der Waals surface area (Å²) < 4.78 is 0. The molecule has 0 bridgehead atoms. The summed E-state index contributed by atoms with van der Waals surface area (Å²) in [5.74, 6) is 0.546. The van der Waals surface area contributed by atoms with Gasteiger partial charge in [0.2, 0.25) is 0 Å². The Morgan fingerprint density at radius 2 is 2.06 bits per heavy atom. The number of halogens is 1. The van der Waals surface area contributed by atoms with E-state index in [-0.39, 0.29) is 4.82 Å². The SMILES string of the molecule is Cc1ccc(C(C)C)cc1CCN(C)C(=O)Br. The third-order valence-electron chi connectivity index (χ3n) is 3.06. The zero-order chi connectivity index (χ0) is 13.0. The molecule has 1 aromatic rings. The van der Waals surface area contributed by atoms with Crippen molar-refractivity contribution in [3.63, 3.8) is 0 Å². The van der Waals surface area contributed by atoms with Crippen LogP contribution in [0.2, 0.25) is 0 Å². The molecule has 0 N–H and O–H groups in total. The quantitative estimate of drug-likeness (QED) is 0.605. The summed E-state index contributed by atoms with van der Waals surface area (Å²) in [4.78, 5) is 12.7. The van der Waals surface area contributed by atoms with Gasteiger partial charge < -0.3 is 4.90 Å². The molecule has 0 fully saturated rings. The van der Waals surface area contributed by atoms with Crippen LogP contribution in [0.1, 0.15) is 36.5 Å². The van der Waals surface area contributed by atoms with E-state index in [1.807, 2.05) is 0 Å². The van der Waals surface area contributed by atoms with Crippen molar-refractivity contribution in [2.24, 2.45) is 0 Å². The summed E-state index contributed by atoms with van der Waals surface area (Å²) in [5.41, 5.74) is 3.99. The zero-order valence-corrected chi connectivity index (χ0v) is 12.5. The molecule has 0 aliphatic heterocycles. The lowest BCUT2D eigenvalue weighted by molar-refractivity contribution is 0.235.